The Morgan fingerprint density at radius 1 is 0.935 bits per heavy atom. The van der Waals surface area contributed by atoms with Crippen molar-refractivity contribution in [2.45, 2.75) is 12.7 Å². The summed E-state index contributed by atoms with van der Waals surface area (Å²) in [7, 11) is 0. The van der Waals surface area contributed by atoms with E-state index in [1.165, 1.54) is 18.3 Å². The van der Waals surface area contributed by atoms with E-state index in [0.29, 0.717) is 16.8 Å². The number of hydrogen-bond donors (Lipinski definition) is 2. The zero-order valence-corrected chi connectivity index (χ0v) is 16.2. The summed E-state index contributed by atoms with van der Waals surface area (Å²) in [5.41, 5.74) is 1.72. The zero-order chi connectivity index (χ0) is 22.0. The number of alkyl halides is 3. The van der Waals surface area contributed by atoms with Crippen molar-refractivity contribution in [1.29, 1.82) is 0 Å². The maximum Gasteiger partial charge on any atom is 0.416 e. The Bertz CT molecular complexity index is 1250. The fourth-order valence-corrected chi connectivity index (χ4v) is 3.40. The molecule has 1 amide bonds. The molecule has 0 aliphatic heterocycles. The maximum atomic E-state index is 12.8. The summed E-state index contributed by atoms with van der Waals surface area (Å²) in [6.07, 6.45) is -2.91. The summed E-state index contributed by atoms with van der Waals surface area (Å²) in [5.74, 6) is -0.300. The Hall–Kier alpha value is -3.87. The van der Waals surface area contributed by atoms with Crippen LogP contribution in [0, 0.1) is 0 Å². The molecule has 7 heteroatoms. The molecule has 0 spiro atoms. The molecule has 4 nitrogen and oxygen atoms in total. The first-order valence-electron chi connectivity index (χ1n) is 9.50. The predicted molar refractivity (Wildman–Crippen MR) is 109 cm³/mol. The number of amides is 1. The quantitative estimate of drug-likeness (QED) is 0.359. The van der Waals surface area contributed by atoms with Crippen molar-refractivity contribution < 1.29 is 27.9 Å². The minimum absolute atomic E-state index is 0.153. The van der Waals surface area contributed by atoms with Crippen molar-refractivity contribution in [3.8, 4) is 11.1 Å². The standard InChI is InChI=1S/C24H17F3N2O2/c25-24(26,27)19-10-7-16(8-11-19)21-6-3-4-17-14-18(9-12-22(17)21)23(30)28-15-20-5-1-2-13-29(20)31/h1-14H,15H2,(H-,28,30,31)/p+1. The lowest BCUT2D eigenvalue weighted by molar-refractivity contribution is -0.909. The lowest BCUT2D eigenvalue weighted by atomic mass is 9.96. The second-order valence-corrected chi connectivity index (χ2v) is 7.04. The monoisotopic (exact) mass is 423 g/mol. The normalized spacial score (nSPS) is 11.5. The van der Waals surface area contributed by atoms with E-state index in [9.17, 15) is 23.2 Å². The first kappa shape index (κ1) is 20.4. The summed E-state index contributed by atoms with van der Waals surface area (Å²) in [4.78, 5) is 12.6. The van der Waals surface area contributed by atoms with E-state index in [1.807, 2.05) is 12.1 Å². The van der Waals surface area contributed by atoms with Crippen LogP contribution in [0.5, 0.6) is 0 Å². The molecule has 1 aromatic heterocycles. The maximum absolute atomic E-state index is 12.8. The molecule has 0 aliphatic rings. The van der Waals surface area contributed by atoms with Crippen molar-refractivity contribution in [2.75, 3.05) is 0 Å². The fourth-order valence-electron chi connectivity index (χ4n) is 3.40. The summed E-state index contributed by atoms with van der Waals surface area (Å²) in [6.45, 7) is 0.153. The number of rotatable bonds is 4. The van der Waals surface area contributed by atoms with Crippen LogP contribution in [0.2, 0.25) is 0 Å². The molecular formula is C24H18F3N2O2+. The first-order valence-corrected chi connectivity index (χ1v) is 9.50. The molecule has 3 aromatic carbocycles. The topological polar surface area (TPSA) is 53.2 Å². The van der Waals surface area contributed by atoms with Crippen LogP contribution in [0.25, 0.3) is 21.9 Å². The lowest BCUT2D eigenvalue weighted by Crippen LogP contribution is -2.38. The molecule has 156 valence electrons. The van der Waals surface area contributed by atoms with Crippen LogP contribution in [0.1, 0.15) is 21.6 Å². The van der Waals surface area contributed by atoms with Crippen LogP contribution < -0.4 is 10.0 Å². The Balaban J connectivity index is 1.59. The van der Waals surface area contributed by atoms with Gasteiger partial charge in [0.1, 0.15) is 6.54 Å². The van der Waals surface area contributed by atoms with Crippen LogP contribution in [-0.2, 0) is 12.7 Å². The Morgan fingerprint density at radius 3 is 2.42 bits per heavy atom. The molecule has 0 aliphatic carbocycles. The SMILES string of the molecule is O=C(NCc1cccc[n+]1O)c1ccc2c(-c3ccc(C(F)(F)F)cc3)cccc2c1. The van der Waals surface area contributed by atoms with Crippen molar-refractivity contribution in [2.24, 2.45) is 0 Å². The van der Waals surface area contributed by atoms with E-state index in [-0.39, 0.29) is 12.5 Å². The average molecular weight is 423 g/mol. The van der Waals surface area contributed by atoms with Gasteiger partial charge in [-0.1, -0.05) is 36.4 Å². The predicted octanol–water partition coefficient (Wildman–Crippen LogP) is 4.98. The summed E-state index contributed by atoms with van der Waals surface area (Å²) in [6, 6.07) is 20.8. The highest BCUT2D eigenvalue weighted by atomic mass is 19.4. The van der Waals surface area contributed by atoms with Gasteiger partial charge in [-0.25, -0.2) is 0 Å². The van der Waals surface area contributed by atoms with Gasteiger partial charge >= 0.3 is 6.18 Å². The van der Waals surface area contributed by atoms with Crippen LogP contribution in [0.15, 0.2) is 85.1 Å². The fraction of sp³-hybridized carbons (Fsp3) is 0.0833. The first-order chi connectivity index (χ1) is 14.8. The molecular weight excluding hydrogens is 405 g/mol. The number of nitrogens with one attached hydrogen (secondary N) is 1. The molecule has 4 aromatic rings. The second-order valence-electron chi connectivity index (χ2n) is 7.04. The van der Waals surface area contributed by atoms with E-state index >= 15 is 0 Å². The van der Waals surface area contributed by atoms with Gasteiger partial charge in [0, 0.05) is 22.4 Å². The number of nitrogens with zero attached hydrogens (tertiary/aromatic N) is 1. The number of hydrogen-bond acceptors (Lipinski definition) is 2. The summed E-state index contributed by atoms with van der Waals surface area (Å²) < 4.78 is 39.4. The minimum Gasteiger partial charge on any atom is -0.342 e. The van der Waals surface area contributed by atoms with Gasteiger partial charge in [-0.3, -0.25) is 10.0 Å². The third kappa shape index (κ3) is 4.35. The molecule has 0 saturated heterocycles. The molecule has 0 unspecified atom stereocenters. The van der Waals surface area contributed by atoms with E-state index in [0.717, 1.165) is 33.2 Å². The molecule has 1 heterocycles. The Morgan fingerprint density at radius 2 is 1.71 bits per heavy atom. The van der Waals surface area contributed by atoms with Crippen molar-refractivity contribution >= 4 is 16.7 Å². The number of carbonyl (C=O) groups is 1. The molecule has 0 atom stereocenters. The van der Waals surface area contributed by atoms with Gasteiger partial charge in [0.2, 0.25) is 6.20 Å². The largest absolute Gasteiger partial charge is 0.416 e. The van der Waals surface area contributed by atoms with Gasteiger partial charge in [0.25, 0.3) is 11.6 Å². The summed E-state index contributed by atoms with van der Waals surface area (Å²) in [5, 5.41) is 14.1. The van der Waals surface area contributed by atoms with Gasteiger partial charge in [0.15, 0.2) is 0 Å². The molecule has 0 radical (unpaired) electrons. The van der Waals surface area contributed by atoms with Gasteiger partial charge in [0.05, 0.1) is 5.56 Å². The molecule has 4 rings (SSSR count). The Kier molecular flexibility index (Phi) is 5.33. The van der Waals surface area contributed by atoms with Gasteiger partial charge in [-0.15, -0.1) is 0 Å². The third-order valence-electron chi connectivity index (χ3n) is 5.02. The van der Waals surface area contributed by atoms with Crippen LogP contribution >= 0.6 is 0 Å². The minimum atomic E-state index is -4.38. The van der Waals surface area contributed by atoms with Gasteiger partial charge in [-0.2, -0.15) is 13.2 Å². The molecule has 0 saturated carbocycles. The van der Waals surface area contributed by atoms with Gasteiger partial charge in [-0.05, 0) is 52.2 Å². The molecule has 0 bridgehead atoms. The van der Waals surface area contributed by atoms with Crippen LogP contribution in [0.4, 0.5) is 13.2 Å². The molecule has 2 N–H and O–H groups in total. The summed E-state index contributed by atoms with van der Waals surface area (Å²) >= 11 is 0. The number of aromatic nitrogens is 1. The lowest BCUT2D eigenvalue weighted by Gasteiger charge is -2.11. The van der Waals surface area contributed by atoms with Gasteiger partial charge < -0.3 is 5.32 Å². The van der Waals surface area contributed by atoms with E-state index in [1.54, 1.807) is 42.5 Å². The number of halogens is 3. The van der Waals surface area contributed by atoms with Crippen molar-refractivity contribution in [1.82, 2.24) is 5.32 Å². The highest BCUT2D eigenvalue weighted by Crippen LogP contribution is 2.33. The van der Waals surface area contributed by atoms with E-state index in [2.05, 4.69) is 5.32 Å². The second kappa shape index (κ2) is 8.10. The Labute approximate surface area is 176 Å². The average Bonchev–Trinajstić information content (AvgIpc) is 2.77. The highest BCUT2D eigenvalue weighted by molar-refractivity contribution is 6.02. The molecule has 31 heavy (non-hydrogen) atoms. The number of carbonyl (C=O) groups excluding carboxylic acids is 1. The number of pyridine rings is 1. The van der Waals surface area contributed by atoms with Crippen LogP contribution in [0.3, 0.4) is 0 Å². The van der Waals surface area contributed by atoms with E-state index < -0.39 is 11.7 Å². The molecule has 0 fully saturated rings. The third-order valence-corrected chi connectivity index (χ3v) is 5.02. The number of fused-ring (bicyclic) bond motifs is 1. The van der Waals surface area contributed by atoms with E-state index in [4.69, 9.17) is 0 Å². The highest BCUT2D eigenvalue weighted by Gasteiger charge is 2.30. The van der Waals surface area contributed by atoms with Crippen molar-refractivity contribution in [3.63, 3.8) is 0 Å². The number of benzene rings is 3. The smallest absolute Gasteiger partial charge is 0.342 e. The van der Waals surface area contributed by atoms with Crippen molar-refractivity contribution in [3.05, 3.63) is 102 Å². The zero-order valence-electron chi connectivity index (χ0n) is 16.2. The van der Waals surface area contributed by atoms with Crippen LogP contribution in [-0.4, -0.2) is 11.1 Å².